The Bertz CT molecular complexity index is 703. The number of urea groups is 1. The smallest absolute Gasteiger partial charge is 0.322 e. The molecule has 0 bridgehead atoms. The van der Waals surface area contributed by atoms with Gasteiger partial charge >= 0.3 is 6.03 Å². The Morgan fingerprint density at radius 2 is 1.79 bits per heavy atom. The minimum absolute atomic E-state index is 0.140. The van der Waals surface area contributed by atoms with Crippen molar-refractivity contribution >= 4 is 11.7 Å². The highest BCUT2D eigenvalue weighted by Gasteiger charge is 2.22. The van der Waals surface area contributed by atoms with E-state index in [1.54, 1.807) is 17.3 Å². The molecule has 3 rings (SSSR count). The highest BCUT2D eigenvalue weighted by molar-refractivity contribution is 5.89. The van der Waals surface area contributed by atoms with Crippen LogP contribution < -0.4 is 5.32 Å². The molecule has 1 aromatic heterocycles. The van der Waals surface area contributed by atoms with Gasteiger partial charge in [0.1, 0.15) is 0 Å². The summed E-state index contributed by atoms with van der Waals surface area (Å²) in [6.07, 6.45) is 3.51. The predicted molar refractivity (Wildman–Crippen MR) is 86.5 cm³/mol. The van der Waals surface area contributed by atoms with Crippen LogP contribution in [0, 0.1) is 11.6 Å². The molecule has 0 radical (unpaired) electrons. The number of aromatic nitrogens is 1. The summed E-state index contributed by atoms with van der Waals surface area (Å²) in [6, 6.07) is 7.24. The van der Waals surface area contributed by atoms with E-state index in [2.05, 4.69) is 15.2 Å². The van der Waals surface area contributed by atoms with Crippen LogP contribution in [0.25, 0.3) is 0 Å². The molecule has 7 heteroatoms. The van der Waals surface area contributed by atoms with E-state index in [-0.39, 0.29) is 5.69 Å². The molecule has 5 nitrogen and oxygen atoms in total. The van der Waals surface area contributed by atoms with Gasteiger partial charge in [-0.05, 0) is 29.8 Å². The molecule has 0 saturated carbocycles. The van der Waals surface area contributed by atoms with Crippen LogP contribution in [0.2, 0.25) is 0 Å². The highest BCUT2D eigenvalue weighted by atomic mass is 19.2. The number of pyridine rings is 1. The predicted octanol–water partition coefficient (Wildman–Crippen LogP) is 2.71. The van der Waals surface area contributed by atoms with Gasteiger partial charge in [0.15, 0.2) is 11.6 Å². The lowest BCUT2D eigenvalue weighted by Crippen LogP contribution is -2.49. The zero-order valence-corrected chi connectivity index (χ0v) is 13.1. The van der Waals surface area contributed by atoms with Gasteiger partial charge in [0, 0.05) is 45.1 Å². The molecular formula is C17H18F2N4O. The molecule has 1 aliphatic heterocycles. The lowest BCUT2D eigenvalue weighted by molar-refractivity contribution is 0.143. The van der Waals surface area contributed by atoms with Crippen molar-refractivity contribution in [2.24, 2.45) is 0 Å². The van der Waals surface area contributed by atoms with E-state index in [0.29, 0.717) is 13.1 Å². The minimum atomic E-state index is -1.04. The Kier molecular flexibility index (Phi) is 5.00. The monoisotopic (exact) mass is 332 g/mol. The van der Waals surface area contributed by atoms with Crippen molar-refractivity contribution in [2.75, 3.05) is 31.5 Å². The molecule has 2 aromatic rings. The van der Waals surface area contributed by atoms with Crippen molar-refractivity contribution in [3.63, 3.8) is 0 Å². The molecule has 24 heavy (non-hydrogen) atoms. The zero-order valence-electron chi connectivity index (χ0n) is 13.1. The normalized spacial score (nSPS) is 15.3. The van der Waals surface area contributed by atoms with E-state index < -0.39 is 17.7 Å². The van der Waals surface area contributed by atoms with Crippen LogP contribution in [-0.2, 0) is 6.54 Å². The fraction of sp³-hybridized carbons (Fsp3) is 0.294. The first kappa shape index (κ1) is 16.3. The van der Waals surface area contributed by atoms with Crippen LogP contribution in [0.15, 0.2) is 42.7 Å². The van der Waals surface area contributed by atoms with Crippen LogP contribution in [0.1, 0.15) is 5.56 Å². The number of amides is 2. The number of halogens is 2. The Hall–Kier alpha value is -2.54. The lowest BCUT2D eigenvalue weighted by atomic mass is 10.2. The number of anilines is 1. The number of carbonyl (C=O) groups excluding carboxylic acids is 1. The van der Waals surface area contributed by atoms with Crippen LogP contribution in [0.3, 0.4) is 0 Å². The first-order chi connectivity index (χ1) is 11.6. The summed E-state index contributed by atoms with van der Waals surface area (Å²) in [5, 5.41) is 2.43. The van der Waals surface area contributed by atoms with Gasteiger partial charge in [-0.3, -0.25) is 9.88 Å². The van der Waals surface area contributed by atoms with Crippen molar-refractivity contribution in [1.82, 2.24) is 14.8 Å². The van der Waals surface area contributed by atoms with E-state index in [0.717, 1.165) is 25.7 Å². The highest BCUT2D eigenvalue weighted by Crippen LogP contribution is 2.17. The van der Waals surface area contributed by atoms with Crippen LogP contribution in [0.5, 0.6) is 0 Å². The molecule has 1 aliphatic rings. The van der Waals surface area contributed by atoms with Crippen LogP contribution in [0.4, 0.5) is 19.3 Å². The second-order valence-corrected chi connectivity index (χ2v) is 5.65. The molecule has 1 saturated heterocycles. The van der Waals surface area contributed by atoms with Gasteiger partial charge in [-0.15, -0.1) is 0 Å². The third kappa shape index (κ3) is 3.86. The molecule has 1 N–H and O–H groups in total. The molecule has 0 atom stereocenters. The van der Waals surface area contributed by atoms with Gasteiger partial charge in [-0.25, -0.2) is 13.6 Å². The van der Waals surface area contributed by atoms with Gasteiger partial charge in [0.25, 0.3) is 0 Å². The summed E-state index contributed by atoms with van der Waals surface area (Å²) >= 11 is 0. The molecule has 0 aliphatic carbocycles. The number of piperazine rings is 1. The molecule has 0 unspecified atom stereocenters. The summed E-state index contributed by atoms with van der Waals surface area (Å²) in [6.45, 7) is 3.32. The minimum Gasteiger partial charge on any atom is -0.322 e. The number of rotatable bonds is 3. The lowest BCUT2D eigenvalue weighted by Gasteiger charge is -2.34. The van der Waals surface area contributed by atoms with Crippen molar-refractivity contribution in [3.8, 4) is 0 Å². The van der Waals surface area contributed by atoms with Gasteiger partial charge in [0.05, 0.1) is 5.69 Å². The third-order valence-corrected chi connectivity index (χ3v) is 4.01. The Balaban J connectivity index is 1.52. The summed E-state index contributed by atoms with van der Waals surface area (Å²) in [7, 11) is 0. The second kappa shape index (κ2) is 7.35. The summed E-state index contributed by atoms with van der Waals surface area (Å²) in [4.78, 5) is 20.0. The van der Waals surface area contributed by atoms with E-state index in [1.165, 1.54) is 17.7 Å². The van der Waals surface area contributed by atoms with E-state index in [1.807, 2.05) is 12.1 Å². The Morgan fingerprint density at radius 1 is 1.08 bits per heavy atom. The fourth-order valence-corrected chi connectivity index (χ4v) is 2.65. The van der Waals surface area contributed by atoms with E-state index in [4.69, 9.17) is 0 Å². The first-order valence-corrected chi connectivity index (χ1v) is 7.74. The molecule has 2 amide bonds. The second-order valence-electron chi connectivity index (χ2n) is 5.65. The molecule has 1 aromatic carbocycles. The SMILES string of the molecule is O=C(Nc1cccc(F)c1F)N1CCN(Cc2ccncc2)CC1. The van der Waals surface area contributed by atoms with Gasteiger partial charge in [-0.1, -0.05) is 6.07 Å². The van der Waals surface area contributed by atoms with Crippen LogP contribution >= 0.6 is 0 Å². The Morgan fingerprint density at radius 3 is 2.50 bits per heavy atom. The average molecular weight is 332 g/mol. The summed E-state index contributed by atoms with van der Waals surface area (Å²) in [5.74, 6) is -2.02. The zero-order chi connectivity index (χ0) is 16.9. The maximum absolute atomic E-state index is 13.6. The van der Waals surface area contributed by atoms with Crippen LogP contribution in [-0.4, -0.2) is 47.0 Å². The van der Waals surface area contributed by atoms with Crippen molar-refractivity contribution < 1.29 is 13.6 Å². The fourth-order valence-electron chi connectivity index (χ4n) is 2.65. The number of hydrogen-bond acceptors (Lipinski definition) is 3. The molecular weight excluding hydrogens is 314 g/mol. The Labute approximate surface area is 138 Å². The summed E-state index contributed by atoms with van der Waals surface area (Å²) < 4.78 is 26.8. The van der Waals surface area contributed by atoms with Crippen molar-refractivity contribution in [3.05, 3.63) is 59.9 Å². The quantitative estimate of drug-likeness (QED) is 0.940. The number of hydrogen-bond donors (Lipinski definition) is 1. The molecule has 1 fully saturated rings. The standard InChI is InChI=1S/C17H18F2N4O/c18-14-2-1-3-15(16(14)19)21-17(24)23-10-8-22(9-11-23)12-13-4-6-20-7-5-13/h1-7H,8-12H2,(H,21,24). The number of carbonyl (C=O) groups is 1. The maximum Gasteiger partial charge on any atom is 0.322 e. The topological polar surface area (TPSA) is 48.5 Å². The van der Waals surface area contributed by atoms with Gasteiger partial charge in [0.2, 0.25) is 0 Å². The molecule has 0 spiro atoms. The number of nitrogens with one attached hydrogen (secondary N) is 1. The third-order valence-electron chi connectivity index (χ3n) is 4.01. The molecule has 2 heterocycles. The molecule has 126 valence electrons. The first-order valence-electron chi connectivity index (χ1n) is 7.74. The van der Waals surface area contributed by atoms with Crippen molar-refractivity contribution in [2.45, 2.75) is 6.54 Å². The summed E-state index contributed by atoms with van der Waals surface area (Å²) in [5.41, 5.74) is 1.03. The average Bonchev–Trinajstić information content (AvgIpc) is 2.60. The number of nitrogens with zero attached hydrogens (tertiary/aromatic N) is 3. The number of benzene rings is 1. The van der Waals surface area contributed by atoms with E-state index in [9.17, 15) is 13.6 Å². The van der Waals surface area contributed by atoms with E-state index >= 15 is 0 Å². The van der Waals surface area contributed by atoms with Gasteiger partial charge < -0.3 is 10.2 Å². The van der Waals surface area contributed by atoms with Gasteiger partial charge in [-0.2, -0.15) is 0 Å². The largest absolute Gasteiger partial charge is 0.322 e. The van der Waals surface area contributed by atoms with Crippen molar-refractivity contribution in [1.29, 1.82) is 0 Å². The maximum atomic E-state index is 13.6.